The predicted octanol–water partition coefficient (Wildman–Crippen LogP) is 2.76. The van der Waals surface area contributed by atoms with E-state index in [1.54, 1.807) is 6.20 Å². The van der Waals surface area contributed by atoms with Gasteiger partial charge < -0.3 is 10.1 Å². The molecule has 0 atom stereocenters. The van der Waals surface area contributed by atoms with E-state index in [-0.39, 0.29) is 6.42 Å². The summed E-state index contributed by atoms with van der Waals surface area (Å²) in [6.07, 6.45) is 3.90. The maximum atomic E-state index is 11.1. The third-order valence-electron chi connectivity index (χ3n) is 4.80. The Morgan fingerprint density at radius 3 is 2.71 bits per heavy atom. The summed E-state index contributed by atoms with van der Waals surface area (Å²) in [5.41, 5.74) is 6.04. The van der Waals surface area contributed by atoms with Gasteiger partial charge in [0.15, 0.2) is 5.65 Å². The van der Waals surface area contributed by atoms with Gasteiger partial charge in [-0.2, -0.15) is 5.10 Å². The van der Waals surface area contributed by atoms with E-state index in [1.807, 2.05) is 42.8 Å². The first-order chi connectivity index (χ1) is 13.5. The lowest BCUT2D eigenvalue weighted by atomic mass is 10.1. The Kier molecular flexibility index (Phi) is 4.60. The maximum Gasteiger partial charge on any atom is 0.307 e. The van der Waals surface area contributed by atoms with Crippen LogP contribution in [0.25, 0.3) is 22.6 Å². The molecule has 0 spiro atoms. The van der Waals surface area contributed by atoms with Gasteiger partial charge in [-0.25, -0.2) is 15.0 Å². The maximum absolute atomic E-state index is 11.1. The highest BCUT2D eigenvalue weighted by Crippen LogP contribution is 2.21. The molecule has 4 aromatic rings. The molecule has 0 saturated heterocycles. The molecule has 0 aliphatic rings. The third kappa shape index (κ3) is 3.36. The lowest BCUT2D eigenvalue weighted by molar-refractivity contribution is -0.136. The van der Waals surface area contributed by atoms with Crippen LogP contribution in [0.3, 0.4) is 0 Å². The average Bonchev–Trinajstić information content (AvgIpc) is 3.25. The largest absolute Gasteiger partial charge is 0.481 e. The van der Waals surface area contributed by atoms with E-state index in [9.17, 15) is 4.79 Å². The summed E-state index contributed by atoms with van der Waals surface area (Å²) in [7, 11) is 0. The minimum atomic E-state index is -0.836. The van der Waals surface area contributed by atoms with E-state index in [1.165, 1.54) is 6.33 Å². The number of aromatic amines is 1. The quantitative estimate of drug-likeness (QED) is 0.535. The number of hydrogen-bond acceptors (Lipinski definition) is 5. The highest BCUT2D eigenvalue weighted by molar-refractivity contribution is 5.74. The molecule has 0 radical (unpaired) electrons. The number of nitrogens with zero attached hydrogens (tertiary/aromatic N) is 5. The van der Waals surface area contributed by atoms with Crippen LogP contribution in [0.1, 0.15) is 29.4 Å². The lowest BCUT2D eigenvalue weighted by Gasteiger charge is -2.06. The van der Waals surface area contributed by atoms with E-state index in [0.717, 1.165) is 39.4 Å². The molecule has 0 bridgehead atoms. The van der Waals surface area contributed by atoms with Crippen LogP contribution in [0.2, 0.25) is 0 Å². The Balaban J connectivity index is 1.58. The number of aryl methyl sites for hydroxylation is 1. The summed E-state index contributed by atoms with van der Waals surface area (Å²) in [5, 5.41) is 13.8. The van der Waals surface area contributed by atoms with Crippen LogP contribution in [0, 0.1) is 6.92 Å². The number of aromatic nitrogens is 6. The molecule has 4 rings (SSSR count). The van der Waals surface area contributed by atoms with Gasteiger partial charge in [-0.3, -0.25) is 9.48 Å². The number of aliphatic carboxylic acids is 1. The number of benzene rings is 1. The van der Waals surface area contributed by atoms with Gasteiger partial charge in [0.05, 0.1) is 24.9 Å². The van der Waals surface area contributed by atoms with Crippen LogP contribution in [0.4, 0.5) is 0 Å². The number of carboxylic acid groups (broad SMARTS) is 1. The van der Waals surface area contributed by atoms with Gasteiger partial charge in [0.2, 0.25) is 0 Å². The van der Waals surface area contributed by atoms with E-state index in [0.29, 0.717) is 18.6 Å². The average molecular weight is 376 g/mol. The summed E-state index contributed by atoms with van der Waals surface area (Å²) in [4.78, 5) is 27.0. The monoisotopic (exact) mass is 376 g/mol. The van der Waals surface area contributed by atoms with Gasteiger partial charge in [0.25, 0.3) is 0 Å². The van der Waals surface area contributed by atoms with Crippen LogP contribution in [0.15, 0.2) is 36.8 Å². The van der Waals surface area contributed by atoms with Crippen molar-refractivity contribution in [2.75, 3.05) is 0 Å². The molecule has 0 aliphatic heterocycles. The third-order valence-corrected chi connectivity index (χ3v) is 4.80. The summed E-state index contributed by atoms with van der Waals surface area (Å²) in [6, 6.07) is 8.05. The Morgan fingerprint density at radius 2 is 2.04 bits per heavy atom. The second-order valence-corrected chi connectivity index (χ2v) is 6.63. The second-order valence-electron chi connectivity index (χ2n) is 6.63. The van der Waals surface area contributed by atoms with Gasteiger partial charge in [-0.15, -0.1) is 0 Å². The van der Waals surface area contributed by atoms with Gasteiger partial charge >= 0.3 is 5.97 Å². The van der Waals surface area contributed by atoms with Crippen molar-refractivity contribution < 1.29 is 9.90 Å². The number of H-pyrrole nitrogens is 1. The molecular weight excluding hydrogens is 356 g/mol. The summed E-state index contributed by atoms with van der Waals surface area (Å²) < 4.78 is 1.88. The number of imidazole rings is 1. The van der Waals surface area contributed by atoms with E-state index < -0.39 is 5.97 Å². The molecule has 1 aromatic carbocycles. The zero-order chi connectivity index (χ0) is 19.7. The van der Waals surface area contributed by atoms with Crippen LogP contribution >= 0.6 is 0 Å². The van der Waals surface area contributed by atoms with Crippen LogP contribution in [-0.4, -0.2) is 40.8 Å². The first kappa shape index (κ1) is 17.8. The van der Waals surface area contributed by atoms with Crippen molar-refractivity contribution in [3.63, 3.8) is 0 Å². The first-order valence-corrected chi connectivity index (χ1v) is 9.07. The Labute approximate surface area is 161 Å². The molecule has 8 heteroatoms. The van der Waals surface area contributed by atoms with E-state index in [2.05, 4.69) is 25.0 Å². The number of hydrogen-bond donors (Lipinski definition) is 2. The van der Waals surface area contributed by atoms with Gasteiger partial charge in [0.1, 0.15) is 17.7 Å². The molecule has 2 N–H and O–H groups in total. The van der Waals surface area contributed by atoms with Crippen molar-refractivity contribution in [3.8, 4) is 11.4 Å². The minimum Gasteiger partial charge on any atom is -0.481 e. The molecule has 0 amide bonds. The molecular formula is C20H20N6O2. The molecule has 142 valence electrons. The summed E-state index contributed by atoms with van der Waals surface area (Å²) in [6.45, 7) is 4.50. The molecule has 0 fully saturated rings. The molecule has 0 unspecified atom stereocenters. The number of carboxylic acids is 1. The standard InChI is InChI=1S/C20H20N6O2/c1-3-16-15(8-18(27)28)12(2)26(25-16)10-13-4-6-14(7-5-13)19-23-17-9-21-11-22-20(17)24-19/h4-7,9,11H,3,8,10H2,1-2H3,(H,27,28)(H,21,22,23,24). The Hall–Kier alpha value is -3.55. The van der Waals surface area contributed by atoms with Crippen molar-refractivity contribution in [1.29, 1.82) is 0 Å². The number of nitrogens with one attached hydrogen (secondary N) is 1. The highest BCUT2D eigenvalue weighted by atomic mass is 16.4. The van der Waals surface area contributed by atoms with Crippen molar-refractivity contribution in [3.05, 3.63) is 59.3 Å². The second kappa shape index (κ2) is 7.22. The molecule has 0 saturated carbocycles. The Bertz CT molecular complexity index is 1110. The first-order valence-electron chi connectivity index (χ1n) is 9.07. The predicted molar refractivity (Wildman–Crippen MR) is 104 cm³/mol. The summed E-state index contributed by atoms with van der Waals surface area (Å²) in [5.74, 6) is -0.0911. The highest BCUT2D eigenvalue weighted by Gasteiger charge is 2.16. The van der Waals surface area contributed by atoms with Crippen molar-refractivity contribution in [2.24, 2.45) is 0 Å². The smallest absolute Gasteiger partial charge is 0.307 e. The van der Waals surface area contributed by atoms with E-state index >= 15 is 0 Å². The molecule has 3 aromatic heterocycles. The van der Waals surface area contributed by atoms with Gasteiger partial charge in [-0.1, -0.05) is 31.2 Å². The van der Waals surface area contributed by atoms with E-state index in [4.69, 9.17) is 5.11 Å². The Morgan fingerprint density at radius 1 is 1.25 bits per heavy atom. The van der Waals surface area contributed by atoms with Crippen molar-refractivity contribution in [2.45, 2.75) is 33.2 Å². The minimum absolute atomic E-state index is 0.00287. The fourth-order valence-corrected chi connectivity index (χ4v) is 3.30. The fourth-order valence-electron chi connectivity index (χ4n) is 3.30. The molecule has 28 heavy (non-hydrogen) atoms. The van der Waals surface area contributed by atoms with Crippen molar-refractivity contribution in [1.82, 2.24) is 29.7 Å². The van der Waals surface area contributed by atoms with Crippen LogP contribution in [0.5, 0.6) is 0 Å². The van der Waals surface area contributed by atoms with Crippen LogP contribution < -0.4 is 0 Å². The van der Waals surface area contributed by atoms with Gasteiger partial charge in [0, 0.05) is 16.8 Å². The normalized spacial score (nSPS) is 11.2. The fraction of sp³-hybridized carbons (Fsp3) is 0.250. The SMILES string of the molecule is CCc1nn(Cc2ccc(-c3nc4ncncc4[nH]3)cc2)c(C)c1CC(=O)O. The number of rotatable bonds is 6. The zero-order valence-electron chi connectivity index (χ0n) is 15.7. The topological polar surface area (TPSA) is 110 Å². The van der Waals surface area contributed by atoms with Crippen molar-refractivity contribution >= 4 is 17.1 Å². The summed E-state index contributed by atoms with van der Waals surface area (Å²) >= 11 is 0. The molecule has 3 heterocycles. The lowest BCUT2D eigenvalue weighted by Crippen LogP contribution is -2.06. The number of fused-ring (bicyclic) bond motifs is 1. The van der Waals surface area contributed by atoms with Gasteiger partial charge in [-0.05, 0) is 18.9 Å². The molecule has 0 aliphatic carbocycles. The van der Waals surface area contributed by atoms with Crippen LogP contribution in [-0.2, 0) is 24.2 Å². The molecule has 8 nitrogen and oxygen atoms in total. The number of carbonyl (C=O) groups is 1. The zero-order valence-corrected chi connectivity index (χ0v) is 15.7.